The van der Waals surface area contributed by atoms with Crippen LogP contribution in [-0.4, -0.2) is 46.2 Å². The van der Waals surface area contributed by atoms with E-state index in [2.05, 4.69) is 4.98 Å². The van der Waals surface area contributed by atoms with Crippen LogP contribution in [0, 0.1) is 0 Å². The van der Waals surface area contributed by atoms with Crippen molar-refractivity contribution in [3.8, 4) is 22.1 Å². The lowest BCUT2D eigenvalue weighted by atomic mass is 9.80. The second kappa shape index (κ2) is 6.84. The zero-order chi connectivity index (χ0) is 19.0. The number of thiazole rings is 1. The molecule has 2 heterocycles. The fourth-order valence-electron chi connectivity index (χ4n) is 3.73. The molecule has 1 aliphatic heterocycles. The zero-order valence-electron chi connectivity index (χ0n) is 14.9. The van der Waals surface area contributed by atoms with Crippen LogP contribution in [0.2, 0.25) is 0 Å². The van der Waals surface area contributed by atoms with E-state index in [-0.39, 0.29) is 12.7 Å². The molecule has 2 aromatic rings. The van der Waals surface area contributed by atoms with Crippen LogP contribution >= 0.6 is 11.3 Å². The van der Waals surface area contributed by atoms with Gasteiger partial charge in [-0.25, -0.2) is 9.78 Å². The van der Waals surface area contributed by atoms with Crippen molar-refractivity contribution in [2.24, 2.45) is 0 Å². The molecule has 0 unspecified atom stereocenters. The van der Waals surface area contributed by atoms with Crippen molar-refractivity contribution in [1.29, 1.82) is 0 Å². The van der Waals surface area contributed by atoms with Gasteiger partial charge < -0.3 is 19.5 Å². The van der Waals surface area contributed by atoms with Gasteiger partial charge >= 0.3 is 5.97 Å². The SMILES string of the molecule is CN(C(=O)c1cnc(-c2ccc3c(c2)OCO3)s1)C1(C(=O)O)CCCCC1. The van der Waals surface area contributed by atoms with Gasteiger partial charge in [-0.3, -0.25) is 4.79 Å². The van der Waals surface area contributed by atoms with E-state index in [4.69, 9.17) is 9.47 Å². The highest BCUT2D eigenvalue weighted by molar-refractivity contribution is 7.16. The monoisotopic (exact) mass is 388 g/mol. The third-order valence-electron chi connectivity index (χ3n) is 5.36. The molecular weight excluding hydrogens is 368 g/mol. The van der Waals surface area contributed by atoms with Crippen molar-refractivity contribution < 1.29 is 24.2 Å². The lowest BCUT2D eigenvalue weighted by Gasteiger charge is -2.40. The van der Waals surface area contributed by atoms with Crippen LogP contribution in [0.5, 0.6) is 11.5 Å². The van der Waals surface area contributed by atoms with Crippen LogP contribution in [0.25, 0.3) is 10.6 Å². The molecule has 0 bridgehead atoms. The molecular formula is C19H20N2O5S. The Hall–Kier alpha value is -2.61. The van der Waals surface area contributed by atoms with E-state index in [0.29, 0.717) is 34.2 Å². The lowest BCUT2D eigenvalue weighted by molar-refractivity contribution is -0.151. The molecule has 1 saturated carbocycles. The minimum atomic E-state index is -1.13. The Morgan fingerprint density at radius 1 is 1.19 bits per heavy atom. The van der Waals surface area contributed by atoms with Gasteiger partial charge in [0.2, 0.25) is 6.79 Å². The highest BCUT2D eigenvalue weighted by Crippen LogP contribution is 2.38. The Labute approximate surface area is 160 Å². The number of carbonyl (C=O) groups is 2. The topological polar surface area (TPSA) is 89.0 Å². The van der Waals surface area contributed by atoms with Crippen molar-refractivity contribution in [1.82, 2.24) is 9.88 Å². The molecule has 7 nitrogen and oxygen atoms in total. The van der Waals surface area contributed by atoms with Crippen LogP contribution in [-0.2, 0) is 4.79 Å². The van der Waals surface area contributed by atoms with E-state index in [0.717, 1.165) is 24.8 Å². The van der Waals surface area contributed by atoms with Gasteiger partial charge in [0.15, 0.2) is 11.5 Å². The molecule has 0 spiro atoms. The Kier molecular flexibility index (Phi) is 4.51. The Morgan fingerprint density at radius 2 is 1.93 bits per heavy atom. The lowest BCUT2D eigenvalue weighted by Crippen LogP contribution is -2.56. The third kappa shape index (κ3) is 3.03. The second-order valence-electron chi connectivity index (χ2n) is 6.86. The van der Waals surface area contributed by atoms with Crippen molar-refractivity contribution in [3.63, 3.8) is 0 Å². The zero-order valence-corrected chi connectivity index (χ0v) is 15.8. The minimum absolute atomic E-state index is 0.197. The summed E-state index contributed by atoms with van der Waals surface area (Å²) in [6, 6.07) is 5.51. The summed E-state index contributed by atoms with van der Waals surface area (Å²) in [5.74, 6) is 0.106. The molecule has 2 aliphatic rings. The van der Waals surface area contributed by atoms with Gasteiger partial charge in [0.25, 0.3) is 5.91 Å². The summed E-state index contributed by atoms with van der Waals surface area (Å²) in [6.45, 7) is 0.197. The quantitative estimate of drug-likeness (QED) is 0.864. The Balaban J connectivity index is 1.59. The number of hydrogen-bond donors (Lipinski definition) is 1. The van der Waals surface area contributed by atoms with Gasteiger partial charge in [-0.05, 0) is 31.0 Å². The largest absolute Gasteiger partial charge is 0.479 e. The number of hydrogen-bond acceptors (Lipinski definition) is 6. The maximum atomic E-state index is 13.0. The molecule has 1 fully saturated rings. The normalized spacial score (nSPS) is 17.5. The fourth-order valence-corrected chi connectivity index (χ4v) is 4.61. The number of carboxylic acids is 1. The summed E-state index contributed by atoms with van der Waals surface area (Å²) in [7, 11) is 1.59. The molecule has 1 amide bonds. The average molecular weight is 388 g/mol. The van der Waals surface area contributed by atoms with Gasteiger partial charge in [-0.2, -0.15) is 0 Å². The van der Waals surface area contributed by atoms with Crippen LogP contribution in [0.15, 0.2) is 24.4 Å². The van der Waals surface area contributed by atoms with Crippen LogP contribution < -0.4 is 9.47 Å². The van der Waals surface area contributed by atoms with Gasteiger partial charge in [-0.15, -0.1) is 11.3 Å². The number of nitrogens with zero attached hydrogens (tertiary/aromatic N) is 2. The predicted molar refractivity (Wildman–Crippen MR) is 99.2 cm³/mol. The summed E-state index contributed by atoms with van der Waals surface area (Å²) >= 11 is 1.25. The van der Waals surface area contributed by atoms with Crippen molar-refractivity contribution in [2.75, 3.05) is 13.8 Å². The molecule has 1 aromatic carbocycles. The number of aromatic nitrogens is 1. The van der Waals surface area contributed by atoms with E-state index in [1.165, 1.54) is 22.4 Å². The van der Waals surface area contributed by atoms with E-state index < -0.39 is 11.5 Å². The standard InChI is InChI=1S/C19H20N2O5S/c1-21(19(18(23)24)7-3-2-4-8-19)17(22)15-10-20-16(27-15)12-5-6-13-14(9-12)26-11-25-13/h5-6,9-10H,2-4,7-8,11H2,1H3,(H,23,24). The smallest absolute Gasteiger partial charge is 0.329 e. The fraction of sp³-hybridized carbons (Fsp3) is 0.421. The highest BCUT2D eigenvalue weighted by atomic mass is 32.1. The first-order chi connectivity index (χ1) is 13.0. The minimum Gasteiger partial charge on any atom is -0.479 e. The van der Waals surface area contributed by atoms with E-state index in [1.807, 2.05) is 18.2 Å². The number of benzene rings is 1. The molecule has 4 rings (SSSR count). The highest BCUT2D eigenvalue weighted by Gasteiger charge is 2.45. The summed E-state index contributed by atoms with van der Waals surface area (Å²) < 4.78 is 10.7. The number of aliphatic carboxylic acids is 1. The molecule has 1 aliphatic carbocycles. The number of rotatable bonds is 4. The van der Waals surface area contributed by atoms with E-state index in [9.17, 15) is 14.7 Å². The van der Waals surface area contributed by atoms with Crippen LogP contribution in [0.3, 0.4) is 0 Å². The number of carboxylic acid groups (broad SMARTS) is 1. The van der Waals surface area contributed by atoms with Gasteiger partial charge in [0.1, 0.15) is 15.4 Å². The molecule has 142 valence electrons. The first-order valence-electron chi connectivity index (χ1n) is 8.89. The van der Waals surface area contributed by atoms with Gasteiger partial charge in [-0.1, -0.05) is 19.3 Å². The number of likely N-dealkylation sites (N-methyl/N-ethyl adjacent to an activating group) is 1. The first-order valence-corrected chi connectivity index (χ1v) is 9.70. The number of ether oxygens (including phenoxy) is 2. The Bertz CT molecular complexity index is 888. The molecule has 1 N–H and O–H groups in total. The second-order valence-corrected chi connectivity index (χ2v) is 7.89. The van der Waals surface area contributed by atoms with Crippen LogP contribution in [0.4, 0.5) is 0 Å². The summed E-state index contributed by atoms with van der Waals surface area (Å²) in [6.07, 6.45) is 5.12. The molecule has 0 saturated heterocycles. The van der Waals surface area contributed by atoms with Gasteiger partial charge in [0.05, 0.1) is 6.20 Å². The summed E-state index contributed by atoms with van der Waals surface area (Å²) in [4.78, 5) is 31.1. The first kappa shape index (κ1) is 17.8. The van der Waals surface area contributed by atoms with Gasteiger partial charge in [0, 0.05) is 12.6 Å². The molecule has 1 aromatic heterocycles. The average Bonchev–Trinajstić information content (AvgIpc) is 3.36. The molecule has 0 radical (unpaired) electrons. The number of carbonyl (C=O) groups excluding carboxylic acids is 1. The molecule has 27 heavy (non-hydrogen) atoms. The Morgan fingerprint density at radius 3 is 2.67 bits per heavy atom. The van der Waals surface area contributed by atoms with Crippen molar-refractivity contribution >= 4 is 23.2 Å². The van der Waals surface area contributed by atoms with Crippen molar-refractivity contribution in [3.05, 3.63) is 29.3 Å². The predicted octanol–water partition coefficient (Wildman–Crippen LogP) is 3.40. The molecule has 8 heteroatoms. The summed E-state index contributed by atoms with van der Waals surface area (Å²) in [5, 5.41) is 10.5. The number of fused-ring (bicyclic) bond motifs is 1. The van der Waals surface area contributed by atoms with Crippen LogP contribution in [0.1, 0.15) is 41.8 Å². The third-order valence-corrected chi connectivity index (χ3v) is 6.40. The summed E-state index contributed by atoms with van der Waals surface area (Å²) in [5.41, 5.74) is -0.297. The van der Waals surface area contributed by atoms with E-state index in [1.54, 1.807) is 7.05 Å². The maximum absolute atomic E-state index is 13.0. The number of amides is 1. The maximum Gasteiger partial charge on any atom is 0.329 e. The molecule has 0 atom stereocenters. The van der Waals surface area contributed by atoms with Crippen molar-refractivity contribution in [2.45, 2.75) is 37.6 Å². The van der Waals surface area contributed by atoms with E-state index >= 15 is 0 Å².